The third-order valence-corrected chi connectivity index (χ3v) is 6.98. The second-order valence-electron chi connectivity index (χ2n) is 5.89. The third-order valence-electron chi connectivity index (χ3n) is 3.87. The van der Waals surface area contributed by atoms with E-state index in [1.807, 2.05) is 0 Å². The molecule has 2 atom stereocenters. The molecule has 0 amide bonds. The Bertz CT molecular complexity index is 942. The fourth-order valence-electron chi connectivity index (χ4n) is 2.63. The zero-order valence-electron chi connectivity index (χ0n) is 13.2. The van der Waals surface area contributed by atoms with Gasteiger partial charge in [0.25, 0.3) is 10.0 Å². The average molecular weight is 382 g/mol. The van der Waals surface area contributed by atoms with Crippen molar-refractivity contribution in [1.29, 1.82) is 0 Å². The van der Waals surface area contributed by atoms with E-state index >= 15 is 0 Å². The zero-order chi connectivity index (χ0) is 18.1. The number of sulfonamides is 1. The second-order valence-corrected chi connectivity index (χ2v) is 9.73. The van der Waals surface area contributed by atoms with Crippen LogP contribution in [0.5, 0.6) is 0 Å². The molecule has 0 radical (unpaired) electrons. The van der Waals surface area contributed by atoms with Crippen molar-refractivity contribution in [3.63, 3.8) is 0 Å². The number of hydrogen-bond donors (Lipinski definition) is 3. The van der Waals surface area contributed by atoms with E-state index in [4.69, 9.17) is 0 Å². The number of benzene rings is 2. The monoisotopic (exact) mass is 382 g/mol. The Labute approximate surface area is 146 Å². The standard InChI is InChI=1S/C16H18N2O5S2/c19-16-11-24(20,21)10-15(16)17-12-6-8-13(9-7-12)18-25(22,23)14-4-2-1-3-5-14/h1-9,15-19H,10-11H2/t15-,16-/m0/s1. The van der Waals surface area contributed by atoms with E-state index in [2.05, 4.69) is 10.0 Å². The van der Waals surface area contributed by atoms with Crippen LogP contribution in [0.15, 0.2) is 59.5 Å². The van der Waals surface area contributed by atoms with Gasteiger partial charge < -0.3 is 10.4 Å². The van der Waals surface area contributed by atoms with Crippen LogP contribution in [-0.2, 0) is 19.9 Å². The van der Waals surface area contributed by atoms with Crippen molar-refractivity contribution < 1.29 is 21.9 Å². The highest BCUT2D eigenvalue weighted by molar-refractivity contribution is 7.92. The largest absolute Gasteiger partial charge is 0.390 e. The van der Waals surface area contributed by atoms with Crippen molar-refractivity contribution in [2.45, 2.75) is 17.0 Å². The van der Waals surface area contributed by atoms with E-state index in [1.54, 1.807) is 42.5 Å². The summed E-state index contributed by atoms with van der Waals surface area (Å²) in [4.78, 5) is 0.163. The predicted octanol–water partition coefficient (Wildman–Crippen LogP) is 1.06. The number of aliphatic hydroxyl groups is 1. The maximum Gasteiger partial charge on any atom is 0.261 e. The van der Waals surface area contributed by atoms with Crippen molar-refractivity contribution in [3.05, 3.63) is 54.6 Å². The molecule has 0 aliphatic carbocycles. The van der Waals surface area contributed by atoms with E-state index in [9.17, 15) is 21.9 Å². The molecule has 7 nitrogen and oxygen atoms in total. The Morgan fingerprint density at radius 3 is 2.08 bits per heavy atom. The van der Waals surface area contributed by atoms with Crippen LogP contribution in [0, 0.1) is 0 Å². The van der Waals surface area contributed by atoms with Crippen LogP contribution < -0.4 is 10.0 Å². The lowest BCUT2D eigenvalue weighted by molar-refractivity contribution is 0.190. The molecule has 0 saturated carbocycles. The summed E-state index contributed by atoms with van der Waals surface area (Å²) in [6.07, 6.45) is -0.957. The molecular formula is C16H18N2O5S2. The normalized spacial score (nSPS) is 22.4. The smallest absolute Gasteiger partial charge is 0.261 e. The number of aliphatic hydroxyl groups excluding tert-OH is 1. The molecule has 0 aromatic heterocycles. The van der Waals surface area contributed by atoms with Crippen molar-refractivity contribution in [1.82, 2.24) is 0 Å². The van der Waals surface area contributed by atoms with E-state index < -0.39 is 32.0 Å². The van der Waals surface area contributed by atoms with Crippen LogP contribution >= 0.6 is 0 Å². The van der Waals surface area contributed by atoms with Crippen LogP contribution in [0.25, 0.3) is 0 Å². The van der Waals surface area contributed by atoms with E-state index in [0.29, 0.717) is 11.4 Å². The van der Waals surface area contributed by atoms with Crippen molar-refractivity contribution >= 4 is 31.2 Å². The Morgan fingerprint density at radius 1 is 0.920 bits per heavy atom. The summed E-state index contributed by atoms with van der Waals surface area (Å²) in [6, 6.07) is 13.8. The molecule has 2 aromatic carbocycles. The van der Waals surface area contributed by atoms with Crippen LogP contribution in [0.3, 0.4) is 0 Å². The van der Waals surface area contributed by atoms with Gasteiger partial charge in [0.1, 0.15) is 0 Å². The molecule has 1 fully saturated rings. The molecule has 0 bridgehead atoms. The van der Waals surface area contributed by atoms with Crippen molar-refractivity contribution in [2.24, 2.45) is 0 Å². The van der Waals surface area contributed by atoms with Crippen LogP contribution in [0.1, 0.15) is 0 Å². The molecule has 1 heterocycles. The van der Waals surface area contributed by atoms with Crippen LogP contribution in [0.2, 0.25) is 0 Å². The first-order valence-corrected chi connectivity index (χ1v) is 10.9. The maximum absolute atomic E-state index is 12.3. The van der Waals surface area contributed by atoms with Crippen LogP contribution in [-0.4, -0.2) is 45.6 Å². The molecule has 25 heavy (non-hydrogen) atoms. The lowest BCUT2D eigenvalue weighted by atomic mass is 10.2. The summed E-state index contributed by atoms with van der Waals surface area (Å²) >= 11 is 0. The van der Waals surface area contributed by atoms with E-state index in [-0.39, 0.29) is 16.4 Å². The highest BCUT2D eigenvalue weighted by atomic mass is 32.2. The molecule has 3 rings (SSSR count). The maximum atomic E-state index is 12.3. The lowest BCUT2D eigenvalue weighted by Gasteiger charge is -2.16. The minimum Gasteiger partial charge on any atom is -0.390 e. The first-order valence-electron chi connectivity index (χ1n) is 7.58. The second kappa shape index (κ2) is 6.66. The van der Waals surface area contributed by atoms with Gasteiger partial charge in [0.05, 0.1) is 28.5 Å². The quantitative estimate of drug-likeness (QED) is 0.713. The van der Waals surface area contributed by atoms with Gasteiger partial charge in [-0.2, -0.15) is 0 Å². The van der Waals surface area contributed by atoms with Gasteiger partial charge in [0.2, 0.25) is 0 Å². The summed E-state index contributed by atoms with van der Waals surface area (Å²) in [6.45, 7) is 0. The first-order chi connectivity index (χ1) is 11.8. The van der Waals surface area contributed by atoms with E-state index in [0.717, 1.165) is 0 Å². The Hall–Kier alpha value is -2.10. The number of rotatable bonds is 5. The third kappa shape index (κ3) is 4.30. The number of nitrogens with one attached hydrogen (secondary N) is 2. The average Bonchev–Trinajstić information content (AvgIpc) is 2.82. The number of anilines is 2. The summed E-state index contributed by atoms with van der Waals surface area (Å²) in [5.41, 5.74) is 0.984. The molecule has 3 N–H and O–H groups in total. The SMILES string of the molecule is O=S1(=O)C[C@H](Nc2ccc(NS(=O)(=O)c3ccccc3)cc2)[C@@H](O)C1. The van der Waals surface area contributed by atoms with Gasteiger partial charge in [-0.05, 0) is 36.4 Å². The molecule has 0 spiro atoms. The molecule has 2 aromatic rings. The minimum atomic E-state index is -3.66. The summed E-state index contributed by atoms with van der Waals surface area (Å²) in [5, 5.41) is 12.7. The molecule has 1 saturated heterocycles. The van der Waals surface area contributed by atoms with E-state index in [1.165, 1.54) is 12.1 Å². The van der Waals surface area contributed by atoms with Crippen LogP contribution in [0.4, 0.5) is 11.4 Å². The fraction of sp³-hybridized carbons (Fsp3) is 0.250. The summed E-state index contributed by atoms with van der Waals surface area (Å²) in [7, 11) is -6.89. The Morgan fingerprint density at radius 2 is 1.52 bits per heavy atom. The fourth-order valence-corrected chi connectivity index (χ4v) is 5.45. The predicted molar refractivity (Wildman–Crippen MR) is 95.8 cm³/mol. The number of hydrogen-bond acceptors (Lipinski definition) is 6. The lowest BCUT2D eigenvalue weighted by Crippen LogP contribution is -2.31. The Balaban J connectivity index is 1.69. The van der Waals surface area contributed by atoms with Gasteiger partial charge in [0.15, 0.2) is 9.84 Å². The van der Waals surface area contributed by atoms with Crippen molar-refractivity contribution in [2.75, 3.05) is 21.5 Å². The highest BCUT2D eigenvalue weighted by Crippen LogP contribution is 2.21. The van der Waals surface area contributed by atoms with Gasteiger partial charge in [-0.1, -0.05) is 18.2 Å². The molecular weight excluding hydrogens is 364 g/mol. The molecule has 1 aliphatic heterocycles. The summed E-state index contributed by atoms with van der Waals surface area (Å²) < 4.78 is 50.0. The molecule has 0 unspecified atom stereocenters. The van der Waals surface area contributed by atoms with Gasteiger partial charge in [-0.15, -0.1) is 0 Å². The van der Waals surface area contributed by atoms with Gasteiger partial charge >= 0.3 is 0 Å². The molecule has 9 heteroatoms. The van der Waals surface area contributed by atoms with Gasteiger partial charge in [-0.25, -0.2) is 16.8 Å². The molecule has 134 valence electrons. The zero-order valence-corrected chi connectivity index (χ0v) is 14.8. The van der Waals surface area contributed by atoms with Gasteiger partial charge in [0, 0.05) is 11.4 Å². The van der Waals surface area contributed by atoms with Crippen molar-refractivity contribution in [3.8, 4) is 0 Å². The summed E-state index contributed by atoms with van der Waals surface area (Å²) in [5.74, 6) is -0.379. The minimum absolute atomic E-state index is 0.128. The topological polar surface area (TPSA) is 113 Å². The number of sulfone groups is 1. The highest BCUT2D eigenvalue weighted by Gasteiger charge is 2.36. The first kappa shape index (κ1) is 17.7. The van der Waals surface area contributed by atoms with Gasteiger partial charge in [-0.3, -0.25) is 4.72 Å². The molecule has 1 aliphatic rings. The Kier molecular flexibility index (Phi) is 4.72.